The summed E-state index contributed by atoms with van der Waals surface area (Å²) in [7, 11) is 0. The zero-order valence-electron chi connectivity index (χ0n) is 12.6. The van der Waals surface area contributed by atoms with E-state index in [1.165, 1.54) is 5.56 Å². The van der Waals surface area contributed by atoms with E-state index in [4.69, 9.17) is 5.73 Å². The second kappa shape index (κ2) is 5.25. The molecule has 1 aromatic carbocycles. The Morgan fingerprint density at radius 2 is 1.70 bits per heavy atom. The molecule has 20 heavy (non-hydrogen) atoms. The molecule has 0 spiro atoms. The molecule has 0 unspecified atom stereocenters. The van der Waals surface area contributed by atoms with Crippen LogP contribution in [0.1, 0.15) is 31.9 Å². The van der Waals surface area contributed by atoms with E-state index in [1.807, 2.05) is 45.0 Å². The first-order valence-electron chi connectivity index (χ1n) is 6.95. The number of nitrogens with zero attached hydrogens (tertiary/aromatic N) is 1. The lowest BCUT2D eigenvalue weighted by Crippen LogP contribution is -2.38. The number of hydrogen-bond acceptors (Lipinski definition) is 2. The van der Waals surface area contributed by atoms with Gasteiger partial charge >= 0.3 is 0 Å². The summed E-state index contributed by atoms with van der Waals surface area (Å²) >= 11 is 0. The van der Waals surface area contributed by atoms with Crippen LogP contribution in [0.4, 0.5) is 0 Å². The van der Waals surface area contributed by atoms with Crippen molar-refractivity contribution in [3.8, 4) is 11.3 Å². The third-order valence-electron chi connectivity index (χ3n) is 3.53. The third kappa shape index (κ3) is 2.68. The molecule has 0 aliphatic carbocycles. The molecule has 3 heteroatoms. The lowest BCUT2D eigenvalue weighted by molar-refractivity contribution is 0.536. The molecule has 106 valence electrons. The van der Waals surface area contributed by atoms with Crippen molar-refractivity contribution in [2.24, 2.45) is 5.73 Å². The van der Waals surface area contributed by atoms with Crippen LogP contribution in [0.2, 0.25) is 0 Å². The molecule has 3 nitrogen and oxygen atoms in total. The van der Waals surface area contributed by atoms with Crippen LogP contribution in [0.15, 0.2) is 41.2 Å². The topological polar surface area (TPSA) is 48.0 Å². The highest BCUT2D eigenvalue weighted by Gasteiger charge is 2.20. The van der Waals surface area contributed by atoms with Crippen molar-refractivity contribution in [3.63, 3.8) is 0 Å². The SMILES string of the molecule is CCn1c(-c2ccc(C)cc2)ccc(C(C)(C)N)c1=O. The summed E-state index contributed by atoms with van der Waals surface area (Å²) < 4.78 is 1.79. The first-order chi connectivity index (χ1) is 9.34. The summed E-state index contributed by atoms with van der Waals surface area (Å²) in [6, 6.07) is 12.0. The van der Waals surface area contributed by atoms with Gasteiger partial charge in [0.05, 0.1) is 5.69 Å². The number of pyridine rings is 1. The molecule has 0 bridgehead atoms. The molecule has 0 saturated heterocycles. The van der Waals surface area contributed by atoms with Crippen LogP contribution < -0.4 is 11.3 Å². The Kier molecular flexibility index (Phi) is 3.82. The Morgan fingerprint density at radius 1 is 1.10 bits per heavy atom. The van der Waals surface area contributed by atoms with Gasteiger partial charge < -0.3 is 10.3 Å². The summed E-state index contributed by atoms with van der Waals surface area (Å²) in [4.78, 5) is 12.6. The van der Waals surface area contributed by atoms with E-state index in [1.54, 1.807) is 4.57 Å². The average Bonchev–Trinajstić information content (AvgIpc) is 2.37. The lowest BCUT2D eigenvalue weighted by atomic mass is 9.96. The average molecular weight is 270 g/mol. The van der Waals surface area contributed by atoms with Gasteiger partial charge in [-0.2, -0.15) is 0 Å². The second-order valence-corrected chi connectivity index (χ2v) is 5.77. The van der Waals surface area contributed by atoms with E-state index in [0.29, 0.717) is 12.1 Å². The van der Waals surface area contributed by atoms with Crippen molar-refractivity contribution in [1.29, 1.82) is 0 Å². The molecule has 1 aromatic heterocycles. The monoisotopic (exact) mass is 270 g/mol. The largest absolute Gasteiger partial charge is 0.322 e. The Hall–Kier alpha value is -1.87. The summed E-state index contributed by atoms with van der Waals surface area (Å²) in [6.07, 6.45) is 0. The standard InChI is InChI=1S/C17H22N2O/c1-5-19-15(13-8-6-12(2)7-9-13)11-10-14(16(19)20)17(3,4)18/h6-11H,5,18H2,1-4H3. The van der Waals surface area contributed by atoms with E-state index in [2.05, 4.69) is 19.1 Å². The molecular weight excluding hydrogens is 248 g/mol. The molecule has 1 heterocycles. The first kappa shape index (κ1) is 14.5. The van der Waals surface area contributed by atoms with Gasteiger partial charge in [0.15, 0.2) is 0 Å². The van der Waals surface area contributed by atoms with E-state index >= 15 is 0 Å². The molecule has 0 amide bonds. The Balaban J connectivity index is 2.65. The summed E-state index contributed by atoms with van der Waals surface area (Å²) in [5.41, 5.74) is 9.29. The van der Waals surface area contributed by atoms with Gasteiger partial charge in [-0.25, -0.2) is 0 Å². The van der Waals surface area contributed by atoms with Crippen LogP contribution in [0, 0.1) is 6.92 Å². The Labute approximate surface area is 120 Å². The van der Waals surface area contributed by atoms with E-state index in [9.17, 15) is 4.79 Å². The molecule has 2 N–H and O–H groups in total. The summed E-state index contributed by atoms with van der Waals surface area (Å²) in [5, 5.41) is 0. The predicted molar refractivity (Wildman–Crippen MR) is 83.8 cm³/mol. The molecule has 0 saturated carbocycles. The lowest BCUT2D eigenvalue weighted by Gasteiger charge is -2.21. The number of aryl methyl sites for hydroxylation is 1. The van der Waals surface area contributed by atoms with Gasteiger partial charge in [-0.3, -0.25) is 4.79 Å². The van der Waals surface area contributed by atoms with Gasteiger partial charge in [-0.1, -0.05) is 29.8 Å². The van der Waals surface area contributed by atoms with Crippen LogP contribution in [0.5, 0.6) is 0 Å². The second-order valence-electron chi connectivity index (χ2n) is 5.77. The van der Waals surface area contributed by atoms with Crippen molar-refractivity contribution in [2.45, 2.75) is 39.8 Å². The van der Waals surface area contributed by atoms with Gasteiger partial charge in [0.1, 0.15) is 0 Å². The predicted octanol–water partition coefficient (Wildman–Crippen LogP) is 3.04. The molecule has 0 fully saturated rings. The van der Waals surface area contributed by atoms with Gasteiger partial charge in [0.2, 0.25) is 0 Å². The molecule has 0 aliphatic heterocycles. The number of rotatable bonds is 3. The van der Waals surface area contributed by atoms with Crippen molar-refractivity contribution in [3.05, 3.63) is 57.9 Å². The fourth-order valence-electron chi connectivity index (χ4n) is 2.36. The fourth-order valence-corrected chi connectivity index (χ4v) is 2.36. The van der Waals surface area contributed by atoms with E-state index in [0.717, 1.165) is 11.3 Å². The first-order valence-corrected chi connectivity index (χ1v) is 6.95. The molecule has 0 atom stereocenters. The summed E-state index contributed by atoms with van der Waals surface area (Å²) in [5.74, 6) is 0. The van der Waals surface area contributed by atoms with Crippen LogP contribution in [0.3, 0.4) is 0 Å². The van der Waals surface area contributed by atoms with Crippen molar-refractivity contribution in [2.75, 3.05) is 0 Å². The molecule has 2 aromatic rings. The highest BCUT2D eigenvalue weighted by molar-refractivity contribution is 5.60. The van der Waals surface area contributed by atoms with E-state index < -0.39 is 5.54 Å². The fraction of sp³-hybridized carbons (Fsp3) is 0.353. The van der Waals surface area contributed by atoms with Crippen molar-refractivity contribution >= 4 is 0 Å². The number of aromatic nitrogens is 1. The van der Waals surface area contributed by atoms with Crippen molar-refractivity contribution < 1.29 is 0 Å². The zero-order valence-corrected chi connectivity index (χ0v) is 12.6. The quantitative estimate of drug-likeness (QED) is 0.932. The minimum absolute atomic E-state index is 0.00178. The highest BCUT2D eigenvalue weighted by atomic mass is 16.1. The van der Waals surface area contributed by atoms with Crippen LogP contribution in [-0.2, 0) is 12.1 Å². The van der Waals surface area contributed by atoms with Gasteiger partial charge in [0.25, 0.3) is 5.56 Å². The molecule has 2 rings (SSSR count). The smallest absolute Gasteiger partial charge is 0.256 e. The minimum atomic E-state index is -0.625. The maximum absolute atomic E-state index is 12.6. The maximum Gasteiger partial charge on any atom is 0.256 e. The van der Waals surface area contributed by atoms with Crippen molar-refractivity contribution in [1.82, 2.24) is 4.57 Å². The van der Waals surface area contributed by atoms with E-state index in [-0.39, 0.29) is 5.56 Å². The third-order valence-corrected chi connectivity index (χ3v) is 3.53. The zero-order chi connectivity index (χ0) is 14.9. The maximum atomic E-state index is 12.6. The van der Waals surface area contributed by atoms with Crippen LogP contribution in [0.25, 0.3) is 11.3 Å². The van der Waals surface area contributed by atoms with Gasteiger partial charge in [-0.15, -0.1) is 0 Å². The Bertz CT molecular complexity index is 661. The Morgan fingerprint density at radius 3 is 2.20 bits per heavy atom. The van der Waals surface area contributed by atoms with Gasteiger partial charge in [0, 0.05) is 17.6 Å². The van der Waals surface area contributed by atoms with Gasteiger partial charge in [-0.05, 0) is 45.4 Å². The number of hydrogen-bond donors (Lipinski definition) is 1. The van der Waals surface area contributed by atoms with Crippen LogP contribution in [-0.4, -0.2) is 4.57 Å². The molecule has 0 radical (unpaired) electrons. The molecule has 0 aliphatic rings. The summed E-state index contributed by atoms with van der Waals surface area (Å²) in [6.45, 7) is 8.37. The minimum Gasteiger partial charge on any atom is -0.322 e. The molecular formula is C17H22N2O. The highest BCUT2D eigenvalue weighted by Crippen LogP contribution is 2.21. The van der Waals surface area contributed by atoms with Crippen LogP contribution >= 0.6 is 0 Å². The number of benzene rings is 1. The number of nitrogens with two attached hydrogens (primary N) is 1. The normalized spacial score (nSPS) is 11.7.